The summed E-state index contributed by atoms with van der Waals surface area (Å²) in [5.74, 6) is 3.04. The normalized spacial score (nSPS) is 35.8. The lowest BCUT2D eigenvalue weighted by molar-refractivity contribution is -0.143. The van der Waals surface area contributed by atoms with Gasteiger partial charge < -0.3 is 5.32 Å². The summed E-state index contributed by atoms with van der Waals surface area (Å²) in [6.07, 6.45) is 6.96. The Hall–Kier alpha value is -0.550. The van der Waals surface area contributed by atoms with Crippen LogP contribution >= 0.6 is 27.7 Å². The van der Waals surface area contributed by atoms with E-state index in [1.54, 1.807) is 17.8 Å². The quantitative estimate of drug-likeness (QED) is 0.518. The number of thioether (sulfide) groups is 1. The lowest BCUT2D eigenvalue weighted by Crippen LogP contribution is -2.58. The maximum absolute atomic E-state index is 13.6. The zero-order chi connectivity index (χ0) is 17.5. The molecule has 25 heavy (non-hydrogen) atoms. The van der Waals surface area contributed by atoms with Gasteiger partial charge >= 0.3 is 0 Å². The topological polar surface area (TPSA) is 29.1 Å². The SMILES string of the molecule is O=C(NCCSCc1ccccc1F)C12CC3CC(CC(Br)(C3)C1)C2. The van der Waals surface area contributed by atoms with Gasteiger partial charge in [-0.05, 0) is 62.0 Å². The minimum atomic E-state index is -0.143. The van der Waals surface area contributed by atoms with Crippen LogP contribution in [0.25, 0.3) is 0 Å². The average Bonchev–Trinajstić information content (AvgIpc) is 2.53. The van der Waals surface area contributed by atoms with Crippen molar-refractivity contribution in [3.63, 3.8) is 0 Å². The van der Waals surface area contributed by atoms with Crippen molar-refractivity contribution in [2.75, 3.05) is 12.3 Å². The van der Waals surface area contributed by atoms with Gasteiger partial charge in [0, 0.05) is 22.4 Å². The number of hydrogen-bond acceptors (Lipinski definition) is 2. The fourth-order valence-corrected chi connectivity index (χ4v) is 7.94. The van der Waals surface area contributed by atoms with Gasteiger partial charge in [0.25, 0.3) is 0 Å². The van der Waals surface area contributed by atoms with E-state index in [4.69, 9.17) is 0 Å². The number of hydrogen-bond donors (Lipinski definition) is 1. The summed E-state index contributed by atoms with van der Waals surface area (Å²) in [5.41, 5.74) is 0.602. The highest BCUT2D eigenvalue weighted by Gasteiger charge is 2.59. The van der Waals surface area contributed by atoms with Gasteiger partial charge in [0.2, 0.25) is 5.91 Å². The predicted octanol–water partition coefficient (Wildman–Crippen LogP) is 4.91. The smallest absolute Gasteiger partial charge is 0.226 e. The summed E-state index contributed by atoms with van der Waals surface area (Å²) in [4.78, 5) is 12.9. The van der Waals surface area contributed by atoms with Crippen LogP contribution in [0.2, 0.25) is 0 Å². The zero-order valence-corrected chi connectivity index (χ0v) is 16.8. The highest BCUT2D eigenvalue weighted by Crippen LogP contribution is 2.64. The summed E-state index contributed by atoms with van der Waals surface area (Å²) >= 11 is 5.64. The van der Waals surface area contributed by atoms with Crippen molar-refractivity contribution in [2.45, 2.75) is 48.6 Å². The molecule has 4 fully saturated rings. The van der Waals surface area contributed by atoms with Crippen LogP contribution in [0, 0.1) is 23.1 Å². The molecular weight excluding hydrogens is 401 g/mol. The fraction of sp³-hybridized carbons (Fsp3) is 0.650. The van der Waals surface area contributed by atoms with E-state index in [0.29, 0.717) is 12.3 Å². The van der Waals surface area contributed by atoms with E-state index in [9.17, 15) is 9.18 Å². The largest absolute Gasteiger partial charge is 0.355 e. The van der Waals surface area contributed by atoms with Crippen LogP contribution in [0.4, 0.5) is 4.39 Å². The molecule has 2 nitrogen and oxygen atoms in total. The van der Waals surface area contributed by atoms with E-state index < -0.39 is 0 Å². The van der Waals surface area contributed by atoms with Gasteiger partial charge in [-0.3, -0.25) is 4.79 Å². The number of carbonyl (C=O) groups is 1. The van der Waals surface area contributed by atoms with Gasteiger partial charge in [0.15, 0.2) is 0 Å². The van der Waals surface area contributed by atoms with Crippen molar-refractivity contribution in [1.82, 2.24) is 5.32 Å². The molecule has 136 valence electrons. The molecule has 4 bridgehead atoms. The van der Waals surface area contributed by atoms with Gasteiger partial charge in [-0.15, -0.1) is 0 Å². The Labute approximate surface area is 161 Å². The molecule has 0 heterocycles. The van der Waals surface area contributed by atoms with E-state index in [1.807, 2.05) is 12.1 Å². The van der Waals surface area contributed by atoms with E-state index in [0.717, 1.165) is 42.4 Å². The third kappa shape index (κ3) is 3.64. The van der Waals surface area contributed by atoms with Crippen molar-refractivity contribution in [3.05, 3.63) is 35.6 Å². The van der Waals surface area contributed by atoms with Crippen LogP contribution in [0.3, 0.4) is 0 Å². The number of amides is 1. The van der Waals surface area contributed by atoms with E-state index >= 15 is 0 Å². The van der Waals surface area contributed by atoms with Gasteiger partial charge in [0.05, 0.1) is 5.41 Å². The number of rotatable bonds is 6. The molecule has 1 N–H and O–H groups in total. The molecule has 4 aliphatic carbocycles. The van der Waals surface area contributed by atoms with Crippen molar-refractivity contribution < 1.29 is 9.18 Å². The fourth-order valence-electron chi connectivity index (χ4n) is 5.64. The molecule has 2 atom stereocenters. The minimum absolute atomic E-state index is 0.135. The molecule has 0 radical (unpaired) electrons. The number of alkyl halides is 1. The Balaban J connectivity index is 1.26. The van der Waals surface area contributed by atoms with Crippen molar-refractivity contribution in [3.8, 4) is 0 Å². The first-order chi connectivity index (χ1) is 12.0. The van der Waals surface area contributed by atoms with Crippen LogP contribution in [0.1, 0.15) is 44.1 Å². The highest BCUT2D eigenvalue weighted by molar-refractivity contribution is 9.10. The molecule has 0 aromatic heterocycles. The molecule has 2 unspecified atom stereocenters. The van der Waals surface area contributed by atoms with Crippen LogP contribution in [-0.4, -0.2) is 22.5 Å². The Morgan fingerprint density at radius 2 is 1.96 bits per heavy atom. The maximum Gasteiger partial charge on any atom is 0.226 e. The van der Waals surface area contributed by atoms with Crippen LogP contribution < -0.4 is 5.32 Å². The second-order valence-electron chi connectivity index (χ2n) is 8.29. The van der Waals surface area contributed by atoms with Gasteiger partial charge in [-0.2, -0.15) is 11.8 Å². The van der Waals surface area contributed by atoms with Crippen molar-refractivity contribution >= 4 is 33.6 Å². The average molecular weight is 426 g/mol. The molecule has 1 aromatic rings. The molecule has 4 saturated carbocycles. The molecule has 5 heteroatoms. The lowest BCUT2D eigenvalue weighted by Gasteiger charge is -2.59. The van der Waals surface area contributed by atoms with E-state index in [2.05, 4.69) is 21.2 Å². The molecule has 0 spiro atoms. The number of halogens is 2. The van der Waals surface area contributed by atoms with Crippen LogP contribution in [0.5, 0.6) is 0 Å². The van der Waals surface area contributed by atoms with Gasteiger partial charge in [-0.1, -0.05) is 34.1 Å². The maximum atomic E-state index is 13.6. The summed E-state index contributed by atoms with van der Waals surface area (Å²) in [5, 5.41) is 3.18. The zero-order valence-electron chi connectivity index (χ0n) is 14.4. The standard InChI is InChI=1S/C20H25BrFNOS/c21-20-10-14-7-15(11-20)9-19(8-14,13-20)18(24)23-5-6-25-12-16-3-1-2-4-17(16)22/h1-4,14-15H,5-13H2,(H,23,24). The van der Waals surface area contributed by atoms with E-state index in [-0.39, 0.29) is 21.5 Å². The van der Waals surface area contributed by atoms with Crippen LogP contribution in [-0.2, 0) is 10.5 Å². The second kappa shape index (κ2) is 6.88. The summed E-state index contributed by atoms with van der Waals surface area (Å²) in [6, 6.07) is 6.91. The molecule has 5 rings (SSSR count). The molecule has 4 aliphatic rings. The van der Waals surface area contributed by atoms with E-state index in [1.165, 1.54) is 25.3 Å². The number of benzene rings is 1. The Morgan fingerprint density at radius 1 is 1.24 bits per heavy atom. The summed E-state index contributed by atoms with van der Waals surface area (Å²) < 4.78 is 13.8. The molecular formula is C20H25BrFNOS. The summed E-state index contributed by atoms with van der Waals surface area (Å²) in [6.45, 7) is 0.671. The molecule has 0 aliphatic heterocycles. The van der Waals surface area contributed by atoms with Crippen molar-refractivity contribution in [2.24, 2.45) is 17.3 Å². The number of carbonyl (C=O) groups excluding carboxylic acids is 1. The summed E-state index contributed by atoms with van der Waals surface area (Å²) in [7, 11) is 0. The predicted molar refractivity (Wildman–Crippen MR) is 104 cm³/mol. The monoisotopic (exact) mass is 425 g/mol. The van der Waals surface area contributed by atoms with Crippen molar-refractivity contribution in [1.29, 1.82) is 0 Å². The third-order valence-corrected chi connectivity index (χ3v) is 8.15. The number of nitrogens with one attached hydrogen (secondary N) is 1. The molecule has 1 amide bonds. The second-order valence-corrected chi connectivity index (χ2v) is 11.1. The third-order valence-electron chi connectivity index (χ3n) is 6.22. The minimum Gasteiger partial charge on any atom is -0.355 e. The van der Waals surface area contributed by atoms with Crippen LogP contribution in [0.15, 0.2) is 24.3 Å². The Kier molecular flexibility index (Phi) is 4.91. The van der Waals surface area contributed by atoms with Gasteiger partial charge in [0.1, 0.15) is 5.82 Å². The highest BCUT2D eigenvalue weighted by atomic mass is 79.9. The lowest BCUT2D eigenvalue weighted by atomic mass is 9.49. The first kappa shape index (κ1) is 17.8. The first-order valence-electron chi connectivity index (χ1n) is 9.26. The molecule has 1 aromatic carbocycles. The Morgan fingerprint density at radius 3 is 2.64 bits per heavy atom. The first-order valence-corrected chi connectivity index (χ1v) is 11.2. The molecule has 0 saturated heterocycles. The Bertz CT molecular complexity index is 653. The van der Waals surface area contributed by atoms with Gasteiger partial charge in [-0.25, -0.2) is 4.39 Å².